The maximum absolute atomic E-state index is 9.60. The van der Waals surface area contributed by atoms with Crippen molar-refractivity contribution in [3.8, 4) is 5.75 Å². The first kappa shape index (κ1) is 28.0. The molecule has 6 nitrogen and oxygen atoms in total. The fraction of sp³-hybridized carbons (Fsp3) is 0.692. The third kappa shape index (κ3) is 13.4. The lowest BCUT2D eigenvalue weighted by atomic mass is 10.0. The molecule has 0 saturated carbocycles. The lowest BCUT2D eigenvalue weighted by Gasteiger charge is -2.19. The first-order valence-electron chi connectivity index (χ1n) is 12.3. The quantitative estimate of drug-likeness (QED) is 0.0740. The highest BCUT2D eigenvalue weighted by Crippen LogP contribution is 2.16. The number of aliphatic hydroxyl groups is 1. The van der Waals surface area contributed by atoms with Gasteiger partial charge in [0.25, 0.3) is 0 Å². The molecular formula is C26H43N3O3. The maximum Gasteiger partial charge on any atom is 0.118 e. The van der Waals surface area contributed by atoms with E-state index in [1.54, 1.807) is 7.11 Å². The van der Waals surface area contributed by atoms with E-state index >= 15 is 0 Å². The molecule has 0 aliphatic heterocycles. The Labute approximate surface area is 194 Å². The van der Waals surface area contributed by atoms with E-state index in [9.17, 15) is 5.11 Å². The molecule has 1 N–H and O–H groups in total. The van der Waals surface area contributed by atoms with Gasteiger partial charge in [0.2, 0.25) is 0 Å². The van der Waals surface area contributed by atoms with Crippen LogP contribution in [0.25, 0.3) is 10.4 Å². The van der Waals surface area contributed by atoms with E-state index in [0.29, 0.717) is 6.61 Å². The van der Waals surface area contributed by atoms with Crippen LogP contribution in [0.4, 0.5) is 0 Å². The molecule has 2 atom stereocenters. The number of hydrogen-bond donors (Lipinski definition) is 1. The lowest BCUT2D eigenvalue weighted by Crippen LogP contribution is -2.28. The fourth-order valence-electron chi connectivity index (χ4n) is 3.64. The van der Waals surface area contributed by atoms with Crippen molar-refractivity contribution < 1.29 is 14.6 Å². The number of nitrogens with zero attached hydrogens (tertiary/aromatic N) is 3. The normalized spacial score (nSPS) is 13.1. The number of benzene rings is 1. The SMILES string of the molecule is CCCCCCCCCCCCCC=CC(OCc1ccc(OC)cc1)C(CO)N=[N+]=[N-]. The van der Waals surface area contributed by atoms with Crippen molar-refractivity contribution >= 4 is 0 Å². The van der Waals surface area contributed by atoms with Crippen molar-refractivity contribution in [2.24, 2.45) is 5.11 Å². The molecule has 6 heteroatoms. The molecule has 0 spiro atoms. The van der Waals surface area contributed by atoms with Crippen LogP contribution >= 0.6 is 0 Å². The molecule has 32 heavy (non-hydrogen) atoms. The van der Waals surface area contributed by atoms with E-state index in [4.69, 9.17) is 15.0 Å². The Hall–Kier alpha value is -2.01. The van der Waals surface area contributed by atoms with Crippen molar-refractivity contribution in [2.75, 3.05) is 13.7 Å². The molecule has 0 saturated heterocycles. The number of hydrogen-bond acceptors (Lipinski definition) is 4. The van der Waals surface area contributed by atoms with E-state index in [1.807, 2.05) is 30.3 Å². The van der Waals surface area contributed by atoms with Crippen LogP contribution in [-0.4, -0.2) is 31.0 Å². The highest BCUT2D eigenvalue weighted by Gasteiger charge is 2.18. The summed E-state index contributed by atoms with van der Waals surface area (Å²) in [5.41, 5.74) is 9.79. The van der Waals surface area contributed by atoms with E-state index in [0.717, 1.165) is 24.2 Å². The van der Waals surface area contributed by atoms with Gasteiger partial charge in [0.1, 0.15) is 5.75 Å². The Morgan fingerprint density at radius 3 is 2.09 bits per heavy atom. The van der Waals surface area contributed by atoms with Crippen LogP contribution in [0.1, 0.15) is 89.5 Å². The number of azide groups is 1. The Bertz CT molecular complexity index is 642. The van der Waals surface area contributed by atoms with Gasteiger partial charge in [-0.2, -0.15) is 0 Å². The highest BCUT2D eigenvalue weighted by atomic mass is 16.5. The summed E-state index contributed by atoms with van der Waals surface area (Å²) in [6.07, 6.45) is 19.1. The second-order valence-electron chi connectivity index (χ2n) is 8.33. The van der Waals surface area contributed by atoms with Crippen molar-refractivity contribution in [2.45, 2.75) is 103 Å². The third-order valence-corrected chi connectivity index (χ3v) is 5.67. The van der Waals surface area contributed by atoms with E-state index in [-0.39, 0.29) is 6.61 Å². The average molecular weight is 446 g/mol. The summed E-state index contributed by atoms with van der Waals surface area (Å²) < 4.78 is 11.1. The molecular weight excluding hydrogens is 402 g/mol. The second-order valence-corrected chi connectivity index (χ2v) is 8.33. The van der Waals surface area contributed by atoms with Crippen molar-refractivity contribution in [1.29, 1.82) is 0 Å². The van der Waals surface area contributed by atoms with Crippen LogP contribution in [-0.2, 0) is 11.3 Å². The lowest BCUT2D eigenvalue weighted by molar-refractivity contribution is 0.0403. The summed E-state index contributed by atoms with van der Waals surface area (Å²) in [5, 5.41) is 13.3. The minimum absolute atomic E-state index is 0.250. The fourth-order valence-corrected chi connectivity index (χ4v) is 3.64. The number of allylic oxidation sites excluding steroid dienone is 1. The van der Waals surface area contributed by atoms with Gasteiger partial charge in [-0.05, 0) is 36.1 Å². The maximum atomic E-state index is 9.60. The van der Waals surface area contributed by atoms with Gasteiger partial charge in [-0.3, -0.25) is 0 Å². The van der Waals surface area contributed by atoms with Gasteiger partial charge in [-0.15, -0.1) is 0 Å². The number of aliphatic hydroxyl groups excluding tert-OH is 1. The van der Waals surface area contributed by atoms with E-state index in [1.165, 1.54) is 64.2 Å². The second kappa shape index (κ2) is 19.7. The molecule has 0 amide bonds. The molecule has 0 fully saturated rings. The van der Waals surface area contributed by atoms with Crippen LogP contribution in [0.15, 0.2) is 41.5 Å². The molecule has 2 unspecified atom stereocenters. The highest BCUT2D eigenvalue weighted by molar-refractivity contribution is 5.26. The molecule has 1 rings (SSSR count). The van der Waals surface area contributed by atoms with Gasteiger partial charge < -0.3 is 14.6 Å². The third-order valence-electron chi connectivity index (χ3n) is 5.67. The molecule has 0 bridgehead atoms. The van der Waals surface area contributed by atoms with Crippen molar-refractivity contribution in [3.05, 3.63) is 52.4 Å². The molecule has 0 radical (unpaired) electrons. The minimum Gasteiger partial charge on any atom is -0.497 e. The van der Waals surface area contributed by atoms with Gasteiger partial charge in [0, 0.05) is 4.91 Å². The summed E-state index contributed by atoms with van der Waals surface area (Å²) in [6, 6.07) is 7.00. The van der Waals surface area contributed by atoms with Gasteiger partial charge in [-0.25, -0.2) is 0 Å². The molecule has 0 heterocycles. The van der Waals surface area contributed by atoms with Crippen LogP contribution in [0.5, 0.6) is 5.75 Å². The number of methoxy groups -OCH3 is 1. The van der Waals surface area contributed by atoms with Crippen molar-refractivity contribution in [3.63, 3.8) is 0 Å². The number of rotatable bonds is 20. The zero-order chi connectivity index (χ0) is 23.3. The molecule has 0 aliphatic rings. The monoisotopic (exact) mass is 445 g/mol. The molecule has 1 aromatic carbocycles. The zero-order valence-corrected chi connectivity index (χ0v) is 20.1. The largest absolute Gasteiger partial charge is 0.497 e. The van der Waals surface area contributed by atoms with Crippen LogP contribution in [0.2, 0.25) is 0 Å². The van der Waals surface area contributed by atoms with Gasteiger partial charge in [0.05, 0.1) is 32.5 Å². The summed E-state index contributed by atoms with van der Waals surface area (Å²) in [6.45, 7) is 2.38. The summed E-state index contributed by atoms with van der Waals surface area (Å²) in [7, 11) is 1.63. The van der Waals surface area contributed by atoms with E-state index < -0.39 is 12.1 Å². The Kier molecular flexibility index (Phi) is 17.2. The van der Waals surface area contributed by atoms with E-state index in [2.05, 4.69) is 23.0 Å². The van der Waals surface area contributed by atoms with Crippen LogP contribution < -0.4 is 4.74 Å². The number of ether oxygens (including phenoxy) is 2. The topological polar surface area (TPSA) is 87.5 Å². The van der Waals surface area contributed by atoms with Gasteiger partial charge in [0.15, 0.2) is 0 Å². The molecule has 0 aliphatic carbocycles. The Balaban J connectivity index is 2.30. The Morgan fingerprint density at radius 1 is 0.969 bits per heavy atom. The van der Waals surface area contributed by atoms with Crippen molar-refractivity contribution in [1.82, 2.24) is 0 Å². The Morgan fingerprint density at radius 2 is 1.56 bits per heavy atom. The molecule has 180 valence electrons. The molecule has 0 aromatic heterocycles. The zero-order valence-electron chi connectivity index (χ0n) is 20.1. The minimum atomic E-state index is -0.633. The first-order chi connectivity index (χ1) is 15.7. The molecule has 1 aromatic rings. The van der Waals surface area contributed by atoms with Crippen LogP contribution in [0, 0.1) is 0 Å². The number of unbranched alkanes of at least 4 members (excludes halogenated alkanes) is 11. The standard InChI is InChI=1S/C26H43N3O3/c1-3-4-5-6-7-8-9-10-11-12-13-14-15-16-26(25(21-30)28-29-27)32-22-23-17-19-24(31-2)20-18-23/h15-20,25-26,30H,3-14,21-22H2,1-2H3. The van der Waals surface area contributed by atoms with Gasteiger partial charge in [-0.1, -0.05) is 101 Å². The van der Waals surface area contributed by atoms with Gasteiger partial charge >= 0.3 is 0 Å². The first-order valence-corrected chi connectivity index (χ1v) is 12.3. The summed E-state index contributed by atoms with van der Waals surface area (Å²) in [4.78, 5) is 2.85. The van der Waals surface area contributed by atoms with Crippen LogP contribution in [0.3, 0.4) is 0 Å². The predicted octanol–water partition coefficient (Wildman–Crippen LogP) is 7.51. The summed E-state index contributed by atoms with van der Waals surface area (Å²) >= 11 is 0. The average Bonchev–Trinajstić information content (AvgIpc) is 2.83. The summed E-state index contributed by atoms with van der Waals surface area (Å²) in [5.74, 6) is 0.791. The smallest absolute Gasteiger partial charge is 0.118 e. The predicted molar refractivity (Wildman–Crippen MR) is 132 cm³/mol.